The molecular formula is C25H33N3O4. The summed E-state index contributed by atoms with van der Waals surface area (Å²) in [5.74, 6) is 0.505. The van der Waals surface area contributed by atoms with Crippen LogP contribution in [0.5, 0.6) is 11.5 Å². The molecular weight excluding hydrogens is 406 g/mol. The van der Waals surface area contributed by atoms with E-state index in [-0.39, 0.29) is 17.7 Å². The molecule has 0 spiro atoms. The molecule has 0 saturated carbocycles. The number of aryl methyl sites for hydroxylation is 1. The number of hydrogen-bond acceptors (Lipinski definition) is 5. The second kappa shape index (κ2) is 12.5. The number of rotatable bonds is 11. The van der Waals surface area contributed by atoms with Crippen molar-refractivity contribution >= 4 is 18.0 Å². The Kier molecular flexibility index (Phi) is 9.73. The summed E-state index contributed by atoms with van der Waals surface area (Å²) in [5, 5.41) is 6.85. The van der Waals surface area contributed by atoms with Crippen LogP contribution in [0.2, 0.25) is 0 Å². The van der Waals surface area contributed by atoms with Gasteiger partial charge in [-0.3, -0.25) is 9.59 Å². The van der Waals surface area contributed by atoms with E-state index in [4.69, 9.17) is 9.47 Å². The average molecular weight is 440 g/mol. The highest BCUT2D eigenvalue weighted by molar-refractivity contribution is 5.97. The van der Waals surface area contributed by atoms with Crippen LogP contribution in [0.4, 0.5) is 0 Å². The molecule has 2 aromatic rings. The van der Waals surface area contributed by atoms with Gasteiger partial charge < -0.3 is 14.8 Å². The zero-order valence-corrected chi connectivity index (χ0v) is 19.5. The number of nitrogens with zero attached hydrogens (tertiary/aromatic N) is 1. The van der Waals surface area contributed by atoms with E-state index >= 15 is 0 Å². The van der Waals surface area contributed by atoms with Crippen molar-refractivity contribution in [1.29, 1.82) is 0 Å². The minimum atomic E-state index is -0.718. The van der Waals surface area contributed by atoms with E-state index in [0.717, 1.165) is 17.5 Å². The van der Waals surface area contributed by atoms with Crippen molar-refractivity contribution in [2.45, 2.75) is 47.1 Å². The number of ether oxygens (including phenoxy) is 2. The Labute approximate surface area is 190 Å². The van der Waals surface area contributed by atoms with Crippen molar-refractivity contribution in [2.24, 2.45) is 11.0 Å². The second-order valence-electron chi connectivity index (χ2n) is 7.78. The highest BCUT2D eigenvalue weighted by Crippen LogP contribution is 2.28. The third-order valence-electron chi connectivity index (χ3n) is 4.67. The van der Waals surface area contributed by atoms with E-state index in [9.17, 15) is 9.59 Å². The fourth-order valence-corrected chi connectivity index (χ4v) is 2.91. The lowest BCUT2D eigenvalue weighted by atomic mass is 10.0. The van der Waals surface area contributed by atoms with Crippen LogP contribution in [0.25, 0.3) is 0 Å². The minimum absolute atomic E-state index is 0.112. The summed E-state index contributed by atoms with van der Waals surface area (Å²) in [6.45, 7) is 10.7. The van der Waals surface area contributed by atoms with Crippen LogP contribution >= 0.6 is 0 Å². The van der Waals surface area contributed by atoms with Gasteiger partial charge in [0.15, 0.2) is 11.5 Å². The molecule has 0 radical (unpaired) electrons. The molecule has 7 nitrogen and oxygen atoms in total. The number of carbonyl (C=O) groups excluding carboxylic acids is 2. The van der Waals surface area contributed by atoms with Gasteiger partial charge in [0.1, 0.15) is 6.04 Å². The van der Waals surface area contributed by atoms with Crippen LogP contribution in [0.1, 0.15) is 55.6 Å². The molecule has 0 saturated heterocycles. The average Bonchev–Trinajstić information content (AvgIpc) is 2.77. The van der Waals surface area contributed by atoms with Crippen molar-refractivity contribution in [3.63, 3.8) is 0 Å². The number of hydrazone groups is 1. The first-order valence-corrected chi connectivity index (χ1v) is 11.0. The first kappa shape index (κ1) is 24.9. The van der Waals surface area contributed by atoms with Crippen molar-refractivity contribution in [1.82, 2.24) is 10.7 Å². The topological polar surface area (TPSA) is 89.0 Å². The molecule has 0 aliphatic carbocycles. The highest BCUT2D eigenvalue weighted by atomic mass is 16.5. The normalized spacial score (nSPS) is 11.9. The molecule has 0 aliphatic heterocycles. The molecule has 7 heteroatoms. The number of benzene rings is 2. The molecule has 32 heavy (non-hydrogen) atoms. The van der Waals surface area contributed by atoms with Crippen LogP contribution in [-0.4, -0.2) is 37.3 Å². The van der Waals surface area contributed by atoms with Gasteiger partial charge >= 0.3 is 0 Å². The Balaban J connectivity index is 2.03. The predicted octanol–water partition coefficient (Wildman–Crippen LogP) is 4.09. The Morgan fingerprint density at radius 2 is 1.75 bits per heavy atom. The molecule has 1 unspecified atom stereocenters. The van der Waals surface area contributed by atoms with Gasteiger partial charge in [-0.25, -0.2) is 5.43 Å². The van der Waals surface area contributed by atoms with Gasteiger partial charge in [0.25, 0.3) is 11.8 Å². The predicted molar refractivity (Wildman–Crippen MR) is 126 cm³/mol. The molecule has 0 aliphatic rings. The number of hydrogen-bond donors (Lipinski definition) is 2. The summed E-state index contributed by atoms with van der Waals surface area (Å²) in [6, 6.07) is 11.9. The maximum absolute atomic E-state index is 12.7. The summed E-state index contributed by atoms with van der Waals surface area (Å²) >= 11 is 0. The third-order valence-corrected chi connectivity index (χ3v) is 4.67. The molecule has 2 amide bonds. The fraction of sp³-hybridized carbons (Fsp3) is 0.400. The van der Waals surface area contributed by atoms with Crippen LogP contribution in [0.3, 0.4) is 0 Å². The lowest BCUT2D eigenvalue weighted by Gasteiger charge is -2.20. The summed E-state index contributed by atoms with van der Waals surface area (Å²) in [5.41, 5.74) is 4.84. The molecule has 0 aromatic heterocycles. The van der Waals surface area contributed by atoms with Gasteiger partial charge in [-0.15, -0.1) is 0 Å². The van der Waals surface area contributed by atoms with Crippen LogP contribution < -0.4 is 20.2 Å². The number of amides is 2. The lowest BCUT2D eigenvalue weighted by Crippen LogP contribution is -2.48. The third kappa shape index (κ3) is 7.41. The highest BCUT2D eigenvalue weighted by Gasteiger charge is 2.24. The number of carbonyl (C=O) groups is 2. The smallest absolute Gasteiger partial charge is 0.262 e. The lowest BCUT2D eigenvalue weighted by molar-refractivity contribution is -0.123. The van der Waals surface area contributed by atoms with E-state index < -0.39 is 6.04 Å². The molecule has 2 rings (SSSR count). The van der Waals surface area contributed by atoms with Gasteiger partial charge in [0, 0.05) is 5.56 Å². The zero-order valence-electron chi connectivity index (χ0n) is 19.5. The van der Waals surface area contributed by atoms with Gasteiger partial charge in [0.05, 0.1) is 19.4 Å². The van der Waals surface area contributed by atoms with Crippen LogP contribution in [-0.2, 0) is 4.79 Å². The Morgan fingerprint density at radius 1 is 1.03 bits per heavy atom. The maximum atomic E-state index is 12.7. The molecule has 0 fully saturated rings. The molecule has 2 N–H and O–H groups in total. The second-order valence-corrected chi connectivity index (χ2v) is 7.78. The molecule has 1 atom stereocenters. The Morgan fingerprint density at radius 3 is 2.38 bits per heavy atom. The summed E-state index contributed by atoms with van der Waals surface area (Å²) < 4.78 is 11.3. The van der Waals surface area contributed by atoms with Gasteiger partial charge in [-0.05, 0) is 62.1 Å². The molecule has 172 valence electrons. The first-order chi connectivity index (χ1) is 15.3. The number of nitrogens with one attached hydrogen (secondary N) is 2. The molecule has 0 bridgehead atoms. The van der Waals surface area contributed by atoms with Gasteiger partial charge in [0.2, 0.25) is 0 Å². The zero-order chi connectivity index (χ0) is 23.5. The van der Waals surface area contributed by atoms with Crippen molar-refractivity contribution in [3.8, 4) is 11.5 Å². The largest absolute Gasteiger partial charge is 0.490 e. The van der Waals surface area contributed by atoms with Crippen LogP contribution in [0, 0.1) is 12.8 Å². The maximum Gasteiger partial charge on any atom is 0.262 e. The summed E-state index contributed by atoms with van der Waals surface area (Å²) in [7, 11) is 0. The standard InChI is InChI=1S/C25H33N3O4/c1-6-14-32-21-13-10-19(15-22(21)31-7-2)16-26-28-25(30)23(17(3)4)27-24(29)20-11-8-18(5)9-12-20/h8-13,15-17,23H,6-7,14H2,1-5H3,(H,27,29)(H,28,30)/b26-16-. The fourth-order valence-electron chi connectivity index (χ4n) is 2.91. The van der Waals surface area contributed by atoms with E-state index in [2.05, 4.69) is 15.8 Å². The van der Waals surface area contributed by atoms with Crippen molar-refractivity contribution < 1.29 is 19.1 Å². The SMILES string of the molecule is CCCOc1ccc(/C=N\NC(=O)C(NC(=O)c2ccc(C)cc2)C(C)C)cc1OCC. The van der Waals surface area contributed by atoms with Gasteiger partial charge in [-0.1, -0.05) is 38.5 Å². The van der Waals surface area contributed by atoms with Crippen molar-refractivity contribution in [2.75, 3.05) is 13.2 Å². The molecule has 0 heterocycles. The Hall–Kier alpha value is -3.35. The monoisotopic (exact) mass is 439 g/mol. The van der Waals surface area contributed by atoms with Crippen molar-refractivity contribution in [3.05, 3.63) is 59.2 Å². The van der Waals surface area contributed by atoms with Gasteiger partial charge in [-0.2, -0.15) is 5.10 Å². The Bertz CT molecular complexity index is 923. The summed E-state index contributed by atoms with van der Waals surface area (Å²) in [6.07, 6.45) is 2.43. The van der Waals surface area contributed by atoms with E-state index in [1.807, 2.05) is 65.0 Å². The van der Waals surface area contributed by atoms with E-state index in [1.54, 1.807) is 12.1 Å². The van der Waals surface area contributed by atoms with E-state index in [1.165, 1.54) is 6.21 Å². The molecule has 2 aromatic carbocycles. The first-order valence-electron chi connectivity index (χ1n) is 11.0. The quantitative estimate of drug-likeness (QED) is 0.408. The minimum Gasteiger partial charge on any atom is -0.490 e. The van der Waals surface area contributed by atoms with E-state index in [0.29, 0.717) is 30.3 Å². The summed E-state index contributed by atoms with van der Waals surface area (Å²) in [4.78, 5) is 25.2. The van der Waals surface area contributed by atoms with Crippen LogP contribution in [0.15, 0.2) is 47.6 Å².